The zero-order chi connectivity index (χ0) is 13.5. The number of rotatable bonds is 3. The van der Waals surface area contributed by atoms with E-state index in [0.717, 1.165) is 18.4 Å². The first-order valence-corrected chi connectivity index (χ1v) is 6.78. The monoisotopic (exact) mass is 311 g/mol. The minimum absolute atomic E-state index is 0. The molecule has 1 N–H and O–H groups in total. The minimum Gasteiger partial charge on any atom is -0.310 e. The van der Waals surface area contributed by atoms with E-state index in [0.29, 0.717) is 5.56 Å². The summed E-state index contributed by atoms with van der Waals surface area (Å²) in [6, 6.07) is 13.2. The molecule has 1 aliphatic rings. The van der Waals surface area contributed by atoms with Gasteiger partial charge in [-0.1, -0.05) is 41.9 Å². The Morgan fingerprint density at radius 1 is 1.15 bits per heavy atom. The highest BCUT2D eigenvalue weighted by Crippen LogP contribution is 2.46. The smallest absolute Gasteiger partial charge is 0.149 e. The predicted molar refractivity (Wildman–Crippen MR) is 84.1 cm³/mol. The summed E-state index contributed by atoms with van der Waals surface area (Å²) < 4.78 is 14.1. The molecule has 106 valence electrons. The Morgan fingerprint density at radius 2 is 1.85 bits per heavy atom. The van der Waals surface area contributed by atoms with E-state index in [9.17, 15) is 4.39 Å². The van der Waals surface area contributed by atoms with Crippen molar-refractivity contribution in [3.8, 4) is 11.1 Å². The van der Waals surface area contributed by atoms with Crippen molar-refractivity contribution in [2.45, 2.75) is 18.4 Å². The second-order valence-electron chi connectivity index (χ2n) is 5.01. The van der Waals surface area contributed by atoms with Crippen LogP contribution in [0.4, 0.5) is 4.39 Å². The summed E-state index contributed by atoms with van der Waals surface area (Å²) in [7, 11) is 1.97. The molecule has 20 heavy (non-hydrogen) atoms. The molecule has 0 atom stereocenters. The molecule has 0 spiro atoms. The Bertz CT molecular complexity index is 624. The Balaban J connectivity index is 0.00000147. The number of nitrogens with one attached hydrogen (secondary N) is 1. The highest BCUT2D eigenvalue weighted by atomic mass is 35.5. The van der Waals surface area contributed by atoms with Crippen LogP contribution in [-0.2, 0) is 5.54 Å². The van der Waals surface area contributed by atoms with Crippen molar-refractivity contribution in [3.63, 3.8) is 0 Å². The average Bonchev–Trinajstić information content (AvgIpc) is 3.23. The fourth-order valence-electron chi connectivity index (χ4n) is 2.52. The van der Waals surface area contributed by atoms with Gasteiger partial charge in [0.05, 0.1) is 5.02 Å². The van der Waals surface area contributed by atoms with Crippen LogP contribution in [0.5, 0.6) is 0 Å². The Labute approximate surface area is 129 Å². The Morgan fingerprint density at radius 3 is 2.50 bits per heavy atom. The fraction of sp³-hybridized carbons (Fsp3) is 0.250. The molecule has 0 heterocycles. The molecule has 3 rings (SSSR count). The highest BCUT2D eigenvalue weighted by molar-refractivity contribution is 6.31. The molecule has 1 nitrogen and oxygen atoms in total. The SMILES string of the molecule is CNC1(c2cccc(-c3cccc(Cl)c3F)c2)CC1.Cl. The van der Waals surface area contributed by atoms with Crippen LogP contribution < -0.4 is 5.32 Å². The topological polar surface area (TPSA) is 12.0 Å². The Kier molecular flexibility index (Phi) is 4.38. The predicted octanol–water partition coefficient (Wildman–Crippen LogP) is 4.78. The lowest BCUT2D eigenvalue weighted by Gasteiger charge is -2.16. The zero-order valence-corrected chi connectivity index (χ0v) is 12.7. The third kappa shape index (κ3) is 2.56. The molecule has 2 aromatic rings. The van der Waals surface area contributed by atoms with Crippen LogP contribution in [0.1, 0.15) is 18.4 Å². The largest absolute Gasteiger partial charge is 0.310 e. The Hall–Kier alpha value is -1.09. The molecule has 0 saturated heterocycles. The van der Waals surface area contributed by atoms with E-state index < -0.39 is 0 Å². The summed E-state index contributed by atoms with van der Waals surface area (Å²) in [6.07, 6.45) is 2.26. The molecule has 0 aromatic heterocycles. The van der Waals surface area contributed by atoms with Gasteiger partial charge in [-0.15, -0.1) is 12.4 Å². The summed E-state index contributed by atoms with van der Waals surface area (Å²) in [6.45, 7) is 0. The van der Waals surface area contributed by atoms with Gasteiger partial charge >= 0.3 is 0 Å². The van der Waals surface area contributed by atoms with E-state index in [4.69, 9.17) is 11.6 Å². The number of hydrogen-bond acceptors (Lipinski definition) is 1. The van der Waals surface area contributed by atoms with E-state index >= 15 is 0 Å². The van der Waals surface area contributed by atoms with Gasteiger partial charge in [0, 0.05) is 11.1 Å². The van der Waals surface area contributed by atoms with Crippen molar-refractivity contribution in [1.29, 1.82) is 0 Å². The van der Waals surface area contributed by atoms with E-state index in [1.807, 2.05) is 19.2 Å². The molecule has 4 heteroatoms. The van der Waals surface area contributed by atoms with Gasteiger partial charge in [-0.2, -0.15) is 0 Å². The molecule has 2 aromatic carbocycles. The zero-order valence-electron chi connectivity index (χ0n) is 11.1. The molecule has 0 amide bonds. The second kappa shape index (κ2) is 5.72. The van der Waals surface area contributed by atoms with E-state index in [1.165, 1.54) is 5.56 Å². The first-order chi connectivity index (χ1) is 9.16. The maximum absolute atomic E-state index is 14.1. The van der Waals surface area contributed by atoms with Crippen LogP contribution in [0.25, 0.3) is 11.1 Å². The maximum atomic E-state index is 14.1. The van der Waals surface area contributed by atoms with Crippen molar-refractivity contribution in [3.05, 3.63) is 58.9 Å². The summed E-state index contributed by atoms with van der Waals surface area (Å²) in [4.78, 5) is 0. The molecule has 0 unspecified atom stereocenters. The molecule has 1 aliphatic carbocycles. The number of hydrogen-bond donors (Lipinski definition) is 1. The molecular formula is C16H16Cl2FN. The summed E-state index contributed by atoms with van der Waals surface area (Å²) >= 11 is 5.85. The van der Waals surface area contributed by atoms with Gasteiger partial charge in [0.2, 0.25) is 0 Å². The van der Waals surface area contributed by atoms with Gasteiger partial charge in [0.25, 0.3) is 0 Å². The van der Waals surface area contributed by atoms with Gasteiger partial charge in [0.1, 0.15) is 5.82 Å². The van der Waals surface area contributed by atoms with Crippen LogP contribution >= 0.6 is 24.0 Å². The minimum atomic E-state index is -0.351. The van der Waals surface area contributed by atoms with Crippen molar-refractivity contribution in [2.24, 2.45) is 0 Å². The van der Waals surface area contributed by atoms with Crippen LogP contribution in [0.2, 0.25) is 5.02 Å². The maximum Gasteiger partial charge on any atom is 0.149 e. The first kappa shape index (κ1) is 15.3. The molecule has 1 fully saturated rings. The van der Waals surface area contributed by atoms with Crippen LogP contribution in [-0.4, -0.2) is 7.05 Å². The van der Waals surface area contributed by atoms with Gasteiger partial charge in [-0.05, 0) is 43.1 Å². The van der Waals surface area contributed by atoms with Crippen molar-refractivity contribution < 1.29 is 4.39 Å². The third-order valence-electron chi connectivity index (χ3n) is 3.91. The van der Waals surface area contributed by atoms with Gasteiger partial charge in [-0.25, -0.2) is 4.39 Å². The quantitative estimate of drug-likeness (QED) is 0.860. The standard InChI is InChI=1S/C16H15ClFN.ClH/c1-19-16(8-9-16)12-5-2-4-11(10-12)13-6-3-7-14(17)15(13)18;/h2-7,10,19H,8-9H2,1H3;1H. The normalized spacial score (nSPS) is 15.6. The lowest BCUT2D eigenvalue weighted by Crippen LogP contribution is -2.24. The molecule has 0 aliphatic heterocycles. The van der Waals surface area contributed by atoms with Crippen molar-refractivity contribution >= 4 is 24.0 Å². The van der Waals surface area contributed by atoms with Crippen molar-refractivity contribution in [1.82, 2.24) is 5.32 Å². The van der Waals surface area contributed by atoms with Crippen LogP contribution in [0.15, 0.2) is 42.5 Å². The summed E-state index contributed by atoms with van der Waals surface area (Å²) in [5.74, 6) is -0.351. The summed E-state index contributed by atoms with van der Waals surface area (Å²) in [5.41, 5.74) is 2.73. The van der Waals surface area contributed by atoms with Gasteiger partial charge in [0.15, 0.2) is 0 Å². The van der Waals surface area contributed by atoms with E-state index in [1.54, 1.807) is 18.2 Å². The lowest BCUT2D eigenvalue weighted by molar-refractivity contribution is 0.585. The van der Waals surface area contributed by atoms with Crippen molar-refractivity contribution in [2.75, 3.05) is 7.05 Å². The van der Waals surface area contributed by atoms with Gasteiger partial charge in [-0.3, -0.25) is 0 Å². The molecule has 0 radical (unpaired) electrons. The van der Waals surface area contributed by atoms with Crippen LogP contribution in [0.3, 0.4) is 0 Å². The second-order valence-corrected chi connectivity index (χ2v) is 5.42. The number of benzene rings is 2. The third-order valence-corrected chi connectivity index (χ3v) is 4.20. The highest BCUT2D eigenvalue weighted by Gasteiger charge is 2.42. The first-order valence-electron chi connectivity index (χ1n) is 6.40. The average molecular weight is 312 g/mol. The van der Waals surface area contributed by atoms with Gasteiger partial charge < -0.3 is 5.32 Å². The molecular weight excluding hydrogens is 296 g/mol. The van der Waals surface area contributed by atoms with Crippen LogP contribution in [0, 0.1) is 5.82 Å². The van der Waals surface area contributed by atoms with E-state index in [-0.39, 0.29) is 28.8 Å². The summed E-state index contributed by atoms with van der Waals surface area (Å²) in [5, 5.41) is 3.52. The molecule has 0 bridgehead atoms. The van der Waals surface area contributed by atoms with E-state index in [2.05, 4.69) is 17.4 Å². The molecule has 1 saturated carbocycles. The lowest BCUT2D eigenvalue weighted by atomic mass is 9.98. The number of halogens is 3. The fourth-order valence-corrected chi connectivity index (χ4v) is 2.69.